The summed E-state index contributed by atoms with van der Waals surface area (Å²) in [4.78, 5) is 2.33. The minimum Gasteiger partial charge on any atom is -0.392 e. The normalized spacial score (nSPS) is 21.0. The van der Waals surface area contributed by atoms with Gasteiger partial charge in [0.05, 0.1) is 6.61 Å². The van der Waals surface area contributed by atoms with E-state index in [1.165, 1.54) is 6.42 Å². The molecule has 0 saturated carbocycles. The van der Waals surface area contributed by atoms with Gasteiger partial charge in [-0.3, -0.25) is 0 Å². The Bertz CT molecular complexity index is 353. The maximum absolute atomic E-state index is 9.28. The van der Waals surface area contributed by atoms with Crippen LogP contribution in [0.4, 0.5) is 5.69 Å². The Balaban J connectivity index is 2.27. The summed E-state index contributed by atoms with van der Waals surface area (Å²) in [5.74, 6) is 0.743. The molecule has 82 valence electrons. The Morgan fingerprint density at radius 3 is 2.93 bits per heavy atom. The van der Waals surface area contributed by atoms with E-state index in [2.05, 4.69) is 11.8 Å². The smallest absolute Gasteiger partial charge is 0.0702 e. The van der Waals surface area contributed by atoms with Gasteiger partial charge in [0.15, 0.2) is 0 Å². The SMILES string of the molecule is CC1CCN(c2ccc(Cl)cc2CO)C1. The lowest BCUT2D eigenvalue weighted by Gasteiger charge is -2.21. The van der Waals surface area contributed by atoms with Gasteiger partial charge in [-0.2, -0.15) is 0 Å². The minimum atomic E-state index is 0.0563. The second kappa shape index (κ2) is 4.42. The highest BCUT2D eigenvalue weighted by molar-refractivity contribution is 6.30. The van der Waals surface area contributed by atoms with Crippen molar-refractivity contribution in [2.24, 2.45) is 5.92 Å². The number of benzene rings is 1. The van der Waals surface area contributed by atoms with Crippen molar-refractivity contribution in [2.75, 3.05) is 18.0 Å². The van der Waals surface area contributed by atoms with Crippen LogP contribution in [0.25, 0.3) is 0 Å². The molecule has 1 aromatic carbocycles. The second-order valence-corrected chi connectivity index (χ2v) is 4.71. The molecule has 0 bridgehead atoms. The first kappa shape index (κ1) is 10.8. The van der Waals surface area contributed by atoms with Crippen LogP contribution in [0.15, 0.2) is 18.2 Å². The van der Waals surface area contributed by atoms with E-state index in [0.717, 1.165) is 30.3 Å². The molecular weight excluding hydrogens is 210 g/mol. The van der Waals surface area contributed by atoms with Gasteiger partial charge in [-0.15, -0.1) is 0 Å². The average molecular weight is 226 g/mol. The van der Waals surface area contributed by atoms with Gasteiger partial charge in [0, 0.05) is 29.4 Å². The maximum atomic E-state index is 9.28. The summed E-state index contributed by atoms with van der Waals surface area (Å²) >= 11 is 5.90. The highest BCUT2D eigenvalue weighted by Crippen LogP contribution is 2.28. The Hall–Kier alpha value is -0.730. The van der Waals surface area contributed by atoms with E-state index in [1.54, 1.807) is 0 Å². The highest BCUT2D eigenvalue weighted by atomic mass is 35.5. The van der Waals surface area contributed by atoms with Crippen LogP contribution in [0.5, 0.6) is 0 Å². The number of rotatable bonds is 2. The van der Waals surface area contributed by atoms with Crippen molar-refractivity contribution in [3.05, 3.63) is 28.8 Å². The van der Waals surface area contributed by atoms with Crippen LogP contribution in [-0.4, -0.2) is 18.2 Å². The van der Waals surface area contributed by atoms with E-state index < -0.39 is 0 Å². The first-order valence-electron chi connectivity index (χ1n) is 5.35. The van der Waals surface area contributed by atoms with Crippen LogP contribution in [0.1, 0.15) is 18.9 Å². The third-order valence-electron chi connectivity index (χ3n) is 2.98. The quantitative estimate of drug-likeness (QED) is 0.837. The molecule has 1 unspecified atom stereocenters. The fraction of sp³-hybridized carbons (Fsp3) is 0.500. The van der Waals surface area contributed by atoms with E-state index in [9.17, 15) is 5.11 Å². The van der Waals surface area contributed by atoms with Crippen molar-refractivity contribution in [2.45, 2.75) is 20.0 Å². The number of hydrogen-bond donors (Lipinski definition) is 1. The molecule has 1 saturated heterocycles. The van der Waals surface area contributed by atoms with Crippen LogP contribution in [0.3, 0.4) is 0 Å². The van der Waals surface area contributed by atoms with E-state index in [4.69, 9.17) is 11.6 Å². The molecule has 1 heterocycles. The van der Waals surface area contributed by atoms with Gasteiger partial charge in [0.2, 0.25) is 0 Å². The van der Waals surface area contributed by atoms with Crippen LogP contribution < -0.4 is 4.90 Å². The molecule has 2 rings (SSSR count). The first-order chi connectivity index (χ1) is 7.20. The Morgan fingerprint density at radius 2 is 2.33 bits per heavy atom. The van der Waals surface area contributed by atoms with Gasteiger partial charge in [0.1, 0.15) is 0 Å². The molecule has 1 aliphatic heterocycles. The fourth-order valence-corrected chi connectivity index (χ4v) is 2.34. The Labute approximate surface area is 95.5 Å². The van der Waals surface area contributed by atoms with Crippen molar-refractivity contribution in [1.29, 1.82) is 0 Å². The largest absolute Gasteiger partial charge is 0.392 e. The number of halogens is 1. The molecule has 1 aromatic rings. The molecule has 0 amide bonds. The number of aliphatic hydroxyl groups excluding tert-OH is 1. The number of hydrogen-bond acceptors (Lipinski definition) is 2. The Morgan fingerprint density at radius 1 is 1.53 bits per heavy atom. The third kappa shape index (κ3) is 2.27. The van der Waals surface area contributed by atoms with Crippen LogP contribution in [-0.2, 0) is 6.61 Å². The van der Waals surface area contributed by atoms with Gasteiger partial charge in [-0.05, 0) is 30.5 Å². The number of nitrogens with zero attached hydrogens (tertiary/aromatic N) is 1. The van der Waals surface area contributed by atoms with Crippen LogP contribution in [0.2, 0.25) is 5.02 Å². The lowest BCUT2D eigenvalue weighted by atomic mass is 10.1. The summed E-state index contributed by atoms with van der Waals surface area (Å²) in [6.45, 7) is 4.47. The summed E-state index contributed by atoms with van der Waals surface area (Å²) in [5.41, 5.74) is 2.06. The van der Waals surface area contributed by atoms with Gasteiger partial charge in [0.25, 0.3) is 0 Å². The Kier molecular flexibility index (Phi) is 3.17. The molecule has 0 radical (unpaired) electrons. The average Bonchev–Trinajstić information content (AvgIpc) is 2.64. The van der Waals surface area contributed by atoms with Gasteiger partial charge < -0.3 is 10.0 Å². The molecule has 1 aliphatic rings. The van der Waals surface area contributed by atoms with Gasteiger partial charge in [-0.25, -0.2) is 0 Å². The molecule has 15 heavy (non-hydrogen) atoms. The molecule has 1 atom stereocenters. The number of anilines is 1. The predicted molar refractivity (Wildman–Crippen MR) is 63.4 cm³/mol. The summed E-state index contributed by atoms with van der Waals surface area (Å²) in [6, 6.07) is 5.74. The summed E-state index contributed by atoms with van der Waals surface area (Å²) in [7, 11) is 0. The van der Waals surface area contributed by atoms with Gasteiger partial charge >= 0.3 is 0 Å². The summed E-state index contributed by atoms with van der Waals surface area (Å²) in [6.07, 6.45) is 1.23. The van der Waals surface area contributed by atoms with Crippen molar-refractivity contribution >= 4 is 17.3 Å². The van der Waals surface area contributed by atoms with Crippen molar-refractivity contribution < 1.29 is 5.11 Å². The van der Waals surface area contributed by atoms with Crippen LogP contribution >= 0.6 is 11.6 Å². The van der Waals surface area contributed by atoms with Crippen molar-refractivity contribution in [3.63, 3.8) is 0 Å². The molecule has 1 N–H and O–H groups in total. The van der Waals surface area contributed by atoms with E-state index in [0.29, 0.717) is 5.02 Å². The van der Waals surface area contributed by atoms with Crippen LogP contribution in [0, 0.1) is 5.92 Å². The lowest BCUT2D eigenvalue weighted by molar-refractivity contribution is 0.282. The fourth-order valence-electron chi connectivity index (χ4n) is 2.14. The zero-order chi connectivity index (χ0) is 10.8. The maximum Gasteiger partial charge on any atom is 0.0702 e. The van der Waals surface area contributed by atoms with E-state index >= 15 is 0 Å². The third-order valence-corrected chi connectivity index (χ3v) is 3.21. The standard InChI is InChI=1S/C12H16ClNO/c1-9-4-5-14(7-9)12-3-2-11(13)6-10(12)8-15/h2-3,6,9,15H,4-5,7-8H2,1H3. The minimum absolute atomic E-state index is 0.0563. The predicted octanol–water partition coefficient (Wildman–Crippen LogP) is 2.68. The van der Waals surface area contributed by atoms with Crippen molar-refractivity contribution in [3.8, 4) is 0 Å². The monoisotopic (exact) mass is 225 g/mol. The summed E-state index contributed by atoms with van der Waals surface area (Å²) in [5, 5.41) is 9.97. The zero-order valence-electron chi connectivity index (χ0n) is 8.91. The topological polar surface area (TPSA) is 23.5 Å². The molecular formula is C12H16ClNO. The lowest BCUT2D eigenvalue weighted by Crippen LogP contribution is -2.20. The molecule has 0 spiro atoms. The molecule has 2 nitrogen and oxygen atoms in total. The van der Waals surface area contributed by atoms with Crippen molar-refractivity contribution in [1.82, 2.24) is 0 Å². The van der Waals surface area contributed by atoms with Gasteiger partial charge in [-0.1, -0.05) is 18.5 Å². The number of aliphatic hydroxyl groups is 1. The van der Waals surface area contributed by atoms with E-state index in [-0.39, 0.29) is 6.61 Å². The molecule has 1 fully saturated rings. The second-order valence-electron chi connectivity index (χ2n) is 4.27. The highest BCUT2D eigenvalue weighted by Gasteiger charge is 2.20. The molecule has 0 aliphatic carbocycles. The summed E-state index contributed by atoms with van der Waals surface area (Å²) < 4.78 is 0. The molecule has 0 aromatic heterocycles. The zero-order valence-corrected chi connectivity index (χ0v) is 9.67. The molecule has 3 heteroatoms. The first-order valence-corrected chi connectivity index (χ1v) is 5.72. The van der Waals surface area contributed by atoms with E-state index in [1.807, 2.05) is 18.2 Å².